The molecule has 0 unspecified atom stereocenters. The molecule has 0 spiro atoms. The van der Waals surface area contributed by atoms with Crippen LogP contribution in [-0.4, -0.2) is 44.1 Å². The smallest absolute Gasteiger partial charge is 0.289 e. The molecule has 17 heteroatoms. The van der Waals surface area contributed by atoms with E-state index in [1.54, 1.807) is 0 Å². The Bertz CT molecular complexity index is 1570. The van der Waals surface area contributed by atoms with E-state index in [0.717, 1.165) is 10.5 Å². The number of sulfone groups is 1. The van der Waals surface area contributed by atoms with Crippen LogP contribution >= 0.6 is 15.9 Å². The lowest BCUT2D eigenvalue weighted by molar-refractivity contribution is -0.290. The van der Waals surface area contributed by atoms with E-state index in [1.165, 1.54) is 6.92 Å². The largest absolute Gasteiger partial charge is 0.459 e. The molecule has 4 aromatic heterocycles. The van der Waals surface area contributed by atoms with Crippen LogP contribution in [0, 0.1) is 0 Å². The summed E-state index contributed by atoms with van der Waals surface area (Å²) in [5.41, 5.74) is -4.28. The van der Waals surface area contributed by atoms with Crippen molar-refractivity contribution in [3.63, 3.8) is 0 Å². The fourth-order valence-electron chi connectivity index (χ4n) is 3.17. The Balaban J connectivity index is 2.01. The first kappa shape index (κ1) is 25.3. The van der Waals surface area contributed by atoms with Crippen LogP contribution in [-0.2, 0) is 21.9 Å². The number of alkyl halides is 8. The minimum atomic E-state index is -5.94. The lowest BCUT2D eigenvalue weighted by Gasteiger charge is -2.18. The summed E-state index contributed by atoms with van der Waals surface area (Å²) in [7, 11) is -4.25. The molecule has 4 aromatic rings. The number of rotatable bonds is 4. The van der Waals surface area contributed by atoms with Crippen molar-refractivity contribution >= 4 is 37.1 Å². The van der Waals surface area contributed by atoms with Gasteiger partial charge in [-0.15, -0.1) is 0 Å². The Morgan fingerprint density at radius 1 is 0.943 bits per heavy atom. The summed E-state index contributed by atoms with van der Waals surface area (Å²) in [4.78, 5) is 11.1. The summed E-state index contributed by atoms with van der Waals surface area (Å²) in [6.07, 6.45) is -9.61. The van der Waals surface area contributed by atoms with Crippen LogP contribution in [0.5, 0.6) is 0 Å². The van der Waals surface area contributed by atoms with E-state index in [0.29, 0.717) is 29.1 Å². The molecule has 0 aliphatic carbocycles. The first-order valence-electron chi connectivity index (χ1n) is 9.30. The van der Waals surface area contributed by atoms with Gasteiger partial charge in [-0.2, -0.15) is 35.1 Å². The quantitative estimate of drug-likeness (QED) is 0.302. The van der Waals surface area contributed by atoms with E-state index >= 15 is 0 Å². The van der Waals surface area contributed by atoms with Crippen molar-refractivity contribution in [2.24, 2.45) is 0 Å². The first-order valence-corrected chi connectivity index (χ1v) is 11.7. The molecule has 0 amide bonds. The van der Waals surface area contributed by atoms with Gasteiger partial charge in [-0.05, 0) is 28.1 Å². The zero-order valence-corrected chi connectivity index (χ0v) is 19.4. The number of pyridine rings is 1. The van der Waals surface area contributed by atoms with Gasteiger partial charge in [-0.25, -0.2) is 23.4 Å². The van der Waals surface area contributed by atoms with Crippen LogP contribution in [0.3, 0.4) is 0 Å². The number of fused-ring (bicyclic) bond motifs is 2. The van der Waals surface area contributed by atoms with E-state index < -0.39 is 61.5 Å². The highest BCUT2D eigenvalue weighted by Crippen LogP contribution is 2.43. The molecule has 0 fully saturated rings. The van der Waals surface area contributed by atoms with Gasteiger partial charge in [0.05, 0.1) is 11.3 Å². The minimum Gasteiger partial charge on any atom is -0.289 e. The van der Waals surface area contributed by atoms with Crippen molar-refractivity contribution in [2.45, 2.75) is 30.2 Å². The normalized spacial score (nSPS) is 13.8. The highest BCUT2D eigenvalue weighted by atomic mass is 79.9. The van der Waals surface area contributed by atoms with E-state index in [2.05, 4.69) is 30.9 Å². The molecular formula is C18H10BrF8N5O2S. The molecule has 7 nitrogen and oxygen atoms in total. The van der Waals surface area contributed by atoms with E-state index in [-0.39, 0.29) is 15.9 Å². The molecule has 0 aliphatic rings. The van der Waals surface area contributed by atoms with Crippen molar-refractivity contribution in [3.8, 4) is 11.4 Å². The van der Waals surface area contributed by atoms with Gasteiger partial charge in [0, 0.05) is 12.3 Å². The molecular weight excluding hydrogens is 582 g/mol. The summed E-state index contributed by atoms with van der Waals surface area (Å²) in [6.45, 7) is 1.24. The van der Waals surface area contributed by atoms with Crippen molar-refractivity contribution < 1.29 is 43.5 Å². The van der Waals surface area contributed by atoms with E-state index in [4.69, 9.17) is 0 Å². The number of aromatic nitrogens is 5. The van der Waals surface area contributed by atoms with Gasteiger partial charge in [0.15, 0.2) is 14.9 Å². The Hall–Kier alpha value is -2.82. The van der Waals surface area contributed by atoms with Crippen molar-refractivity contribution in [1.82, 2.24) is 23.8 Å². The fourth-order valence-corrected chi connectivity index (χ4v) is 4.87. The van der Waals surface area contributed by atoms with Gasteiger partial charge in [-0.3, -0.25) is 8.80 Å². The lowest BCUT2D eigenvalue weighted by atomic mass is 10.2. The molecule has 4 rings (SSSR count). The zero-order chi connectivity index (χ0) is 26.1. The molecule has 4 heterocycles. The van der Waals surface area contributed by atoms with Crippen LogP contribution in [0.1, 0.15) is 18.2 Å². The summed E-state index contributed by atoms with van der Waals surface area (Å²) < 4.78 is 133. The average Bonchev–Trinajstić information content (AvgIpc) is 3.29. The maximum absolute atomic E-state index is 13.7. The van der Waals surface area contributed by atoms with Crippen molar-refractivity contribution in [2.75, 3.05) is 5.75 Å². The summed E-state index contributed by atoms with van der Waals surface area (Å²) in [5, 5.41) is -0.668. The van der Waals surface area contributed by atoms with Crippen LogP contribution < -0.4 is 0 Å². The van der Waals surface area contributed by atoms with Crippen LogP contribution in [0.15, 0.2) is 40.4 Å². The predicted molar refractivity (Wildman–Crippen MR) is 108 cm³/mol. The molecule has 35 heavy (non-hydrogen) atoms. The fraction of sp³-hybridized carbons (Fsp3) is 0.278. The molecule has 0 aliphatic heterocycles. The highest BCUT2D eigenvalue weighted by molar-refractivity contribution is 9.10. The van der Waals surface area contributed by atoms with Crippen molar-refractivity contribution in [1.29, 1.82) is 0 Å². The second-order valence-corrected chi connectivity index (χ2v) is 10.1. The maximum Gasteiger partial charge on any atom is 0.459 e. The minimum absolute atomic E-state index is 0.131. The average molecular weight is 592 g/mol. The van der Waals surface area contributed by atoms with Gasteiger partial charge < -0.3 is 0 Å². The van der Waals surface area contributed by atoms with Gasteiger partial charge in [-0.1, -0.05) is 6.92 Å². The number of hydrogen-bond donors (Lipinski definition) is 0. The second kappa shape index (κ2) is 7.84. The Kier molecular flexibility index (Phi) is 5.66. The zero-order valence-electron chi connectivity index (χ0n) is 17.0. The summed E-state index contributed by atoms with van der Waals surface area (Å²) in [5.74, 6) is -5.85. The maximum atomic E-state index is 13.7. The van der Waals surface area contributed by atoms with Gasteiger partial charge >= 0.3 is 18.3 Å². The molecule has 188 valence electrons. The number of halogens is 9. The third kappa shape index (κ3) is 4.03. The van der Waals surface area contributed by atoms with Gasteiger partial charge in [0.2, 0.25) is 0 Å². The van der Waals surface area contributed by atoms with E-state index in [9.17, 15) is 43.5 Å². The number of nitrogens with zero attached hydrogens (tertiary/aromatic N) is 5. The van der Waals surface area contributed by atoms with Crippen LogP contribution in [0.25, 0.3) is 22.7 Å². The van der Waals surface area contributed by atoms with E-state index in [1.807, 2.05) is 0 Å². The number of imidazole rings is 2. The summed E-state index contributed by atoms with van der Waals surface area (Å²) >= 11 is 3.06. The van der Waals surface area contributed by atoms with Gasteiger partial charge in [0.1, 0.15) is 39.3 Å². The molecule has 0 N–H and O–H groups in total. The predicted octanol–water partition coefficient (Wildman–Crippen LogP) is 5.27. The lowest BCUT2D eigenvalue weighted by Crippen LogP contribution is -2.34. The van der Waals surface area contributed by atoms with Gasteiger partial charge in [0.25, 0.3) is 0 Å². The molecule has 0 aromatic carbocycles. The third-order valence-corrected chi connectivity index (χ3v) is 7.43. The third-order valence-electron chi connectivity index (χ3n) is 4.94. The Labute approximate surface area is 198 Å². The number of hydrogen-bond acceptors (Lipinski definition) is 5. The summed E-state index contributed by atoms with van der Waals surface area (Å²) in [6, 6.07) is 1.96. The molecule has 0 saturated heterocycles. The Morgan fingerprint density at radius 2 is 1.57 bits per heavy atom. The first-order chi connectivity index (χ1) is 16.0. The molecule has 0 saturated carbocycles. The van der Waals surface area contributed by atoms with Crippen molar-refractivity contribution in [3.05, 3.63) is 46.6 Å². The Morgan fingerprint density at radius 3 is 2.14 bits per heavy atom. The standard InChI is InChI=1S/C18H10BrF8N5O2S/c1-2-35(33,34)15-13(29-10-4-3-8(6-31(10)15)17(22,23)24)12-14(19)32-7-28-9(5-11(32)30-12)16(20,21)18(25,26)27/h3-7H,2H2,1H3. The SMILES string of the molecule is CCS(=O)(=O)c1c(-c2nc3cc(C(F)(F)C(F)(F)F)ncn3c2Br)nc2ccc(C(F)(F)F)cn12. The monoisotopic (exact) mass is 591 g/mol. The molecule has 0 radical (unpaired) electrons. The van der Waals surface area contributed by atoms with Crippen LogP contribution in [0.2, 0.25) is 0 Å². The topological polar surface area (TPSA) is 81.6 Å². The second-order valence-electron chi connectivity index (χ2n) is 7.14. The molecule has 0 bridgehead atoms. The van der Waals surface area contributed by atoms with Crippen LogP contribution in [0.4, 0.5) is 35.1 Å². The highest BCUT2D eigenvalue weighted by Gasteiger charge is 2.60. The molecule has 0 atom stereocenters.